The fraction of sp³-hybridized carbons (Fsp3) is 0.375. The zero-order valence-corrected chi connectivity index (χ0v) is 14.2. The van der Waals surface area contributed by atoms with Gasteiger partial charge in [-0.2, -0.15) is 5.10 Å². The highest BCUT2D eigenvalue weighted by Gasteiger charge is 2.28. The molecule has 1 aliphatic carbocycles. The molecule has 3 rings (SSSR count). The van der Waals surface area contributed by atoms with Gasteiger partial charge in [0.25, 0.3) is 5.91 Å². The lowest BCUT2D eigenvalue weighted by atomic mass is 10.0. The van der Waals surface area contributed by atoms with Gasteiger partial charge in [0.05, 0.1) is 5.69 Å². The van der Waals surface area contributed by atoms with Crippen LogP contribution in [0.3, 0.4) is 0 Å². The first-order chi connectivity index (χ1) is 10.7. The highest BCUT2D eigenvalue weighted by atomic mass is 35.5. The number of hydrogen-bond donors (Lipinski definition) is 3. The number of hydrogen-bond acceptors (Lipinski definition) is 3. The van der Waals surface area contributed by atoms with Gasteiger partial charge in [0.15, 0.2) is 0 Å². The monoisotopic (exact) mass is 354 g/mol. The minimum absolute atomic E-state index is 0. The van der Waals surface area contributed by atoms with E-state index in [1.807, 2.05) is 12.1 Å². The van der Waals surface area contributed by atoms with E-state index in [4.69, 9.17) is 17.3 Å². The maximum atomic E-state index is 12.3. The van der Waals surface area contributed by atoms with Gasteiger partial charge in [-0.05, 0) is 43.5 Å². The van der Waals surface area contributed by atoms with E-state index in [2.05, 4.69) is 15.5 Å². The van der Waals surface area contributed by atoms with Gasteiger partial charge in [0.2, 0.25) is 0 Å². The lowest BCUT2D eigenvalue weighted by Crippen LogP contribution is -2.40. The molecule has 1 aromatic heterocycles. The van der Waals surface area contributed by atoms with Crippen molar-refractivity contribution in [3.05, 3.63) is 41.0 Å². The summed E-state index contributed by atoms with van der Waals surface area (Å²) < 4.78 is 0. The average Bonchev–Trinajstić information content (AvgIpc) is 3.16. The number of halogens is 2. The molecule has 0 radical (unpaired) electrons. The largest absolute Gasteiger partial charge is 0.348 e. The number of nitrogens with one attached hydrogen (secondary N) is 2. The standard InChI is InChI=1S/C16H19ClN4O.ClH/c17-12-6-4-10(5-7-12)14-8-15(21-20-14)16(22)19-13-3-1-2-11(13)9-18;/h4-8,11,13H,1-3,9,18H2,(H,19,22)(H,20,21);1H. The third kappa shape index (κ3) is 4.05. The van der Waals surface area contributed by atoms with Gasteiger partial charge in [-0.25, -0.2) is 0 Å². The second-order valence-electron chi connectivity index (χ2n) is 5.68. The molecule has 0 aliphatic heterocycles. The van der Waals surface area contributed by atoms with Crippen molar-refractivity contribution in [1.82, 2.24) is 15.5 Å². The van der Waals surface area contributed by atoms with Gasteiger partial charge < -0.3 is 11.1 Å². The Morgan fingerprint density at radius 3 is 2.78 bits per heavy atom. The van der Waals surface area contributed by atoms with E-state index in [-0.39, 0.29) is 24.4 Å². The summed E-state index contributed by atoms with van der Waals surface area (Å²) in [5.41, 5.74) is 7.86. The molecule has 7 heteroatoms. The van der Waals surface area contributed by atoms with E-state index in [1.165, 1.54) is 0 Å². The molecular weight excluding hydrogens is 335 g/mol. The minimum atomic E-state index is -0.127. The van der Waals surface area contributed by atoms with Crippen LogP contribution in [0.15, 0.2) is 30.3 Å². The van der Waals surface area contributed by atoms with Crippen molar-refractivity contribution in [2.24, 2.45) is 11.7 Å². The Kier molecular flexibility index (Phi) is 6.04. The number of carbonyl (C=O) groups excluding carboxylic acids is 1. The Morgan fingerprint density at radius 1 is 1.35 bits per heavy atom. The second-order valence-corrected chi connectivity index (χ2v) is 6.12. The number of H-pyrrole nitrogens is 1. The van der Waals surface area contributed by atoms with Crippen LogP contribution in [0.4, 0.5) is 0 Å². The SMILES string of the molecule is Cl.NCC1CCCC1NC(=O)c1cc(-c2ccc(Cl)cc2)n[nH]1. The Balaban J connectivity index is 0.00000192. The van der Waals surface area contributed by atoms with E-state index in [1.54, 1.807) is 18.2 Å². The Hall–Kier alpha value is -1.56. The van der Waals surface area contributed by atoms with Crippen molar-refractivity contribution in [2.75, 3.05) is 6.54 Å². The van der Waals surface area contributed by atoms with E-state index in [0.717, 1.165) is 30.5 Å². The number of aromatic nitrogens is 2. The van der Waals surface area contributed by atoms with Crippen molar-refractivity contribution < 1.29 is 4.79 Å². The molecule has 0 saturated heterocycles. The molecule has 1 amide bonds. The van der Waals surface area contributed by atoms with Crippen LogP contribution in [-0.4, -0.2) is 28.7 Å². The third-order valence-electron chi connectivity index (χ3n) is 4.24. The smallest absolute Gasteiger partial charge is 0.269 e. The predicted octanol–water partition coefficient (Wildman–Crippen LogP) is 3.01. The maximum absolute atomic E-state index is 12.3. The van der Waals surface area contributed by atoms with E-state index in [0.29, 0.717) is 23.2 Å². The number of rotatable bonds is 4. The lowest BCUT2D eigenvalue weighted by molar-refractivity contribution is 0.0923. The average molecular weight is 355 g/mol. The number of nitrogens with two attached hydrogens (primary N) is 1. The zero-order chi connectivity index (χ0) is 15.5. The highest BCUT2D eigenvalue weighted by molar-refractivity contribution is 6.30. The van der Waals surface area contributed by atoms with E-state index < -0.39 is 0 Å². The number of aromatic amines is 1. The summed E-state index contributed by atoms with van der Waals surface area (Å²) >= 11 is 5.87. The second kappa shape index (κ2) is 7.81. The number of amides is 1. The maximum Gasteiger partial charge on any atom is 0.269 e. The summed E-state index contributed by atoms with van der Waals surface area (Å²) in [7, 11) is 0. The molecule has 1 fully saturated rings. The topological polar surface area (TPSA) is 83.8 Å². The van der Waals surface area contributed by atoms with Crippen molar-refractivity contribution in [1.29, 1.82) is 0 Å². The van der Waals surface area contributed by atoms with Crippen LogP contribution >= 0.6 is 24.0 Å². The van der Waals surface area contributed by atoms with Crippen LogP contribution in [0.5, 0.6) is 0 Å². The van der Waals surface area contributed by atoms with Gasteiger partial charge in [-0.3, -0.25) is 9.89 Å². The molecule has 2 unspecified atom stereocenters. The predicted molar refractivity (Wildman–Crippen MR) is 93.9 cm³/mol. The summed E-state index contributed by atoms with van der Waals surface area (Å²) in [5.74, 6) is 0.251. The minimum Gasteiger partial charge on any atom is -0.348 e. The van der Waals surface area contributed by atoms with Crippen molar-refractivity contribution >= 4 is 29.9 Å². The quantitative estimate of drug-likeness (QED) is 0.788. The lowest BCUT2D eigenvalue weighted by Gasteiger charge is -2.18. The van der Waals surface area contributed by atoms with Crippen LogP contribution in [0.25, 0.3) is 11.3 Å². The van der Waals surface area contributed by atoms with Crippen LogP contribution in [0.2, 0.25) is 5.02 Å². The Bertz CT molecular complexity index is 656. The number of carbonyl (C=O) groups is 1. The molecule has 4 N–H and O–H groups in total. The molecule has 5 nitrogen and oxygen atoms in total. The molecule has 0 spiro atoms. The zero-order valence-electron chi connectivity index (χ0n) is 12.6. The van der Waals surface area contributed by atoms with Crippen LogP contribution in [0.1, 0.15) is 29.8 Å². The van der Waals surface area contributed by atoms with Gasteiger partial charge in [0.1, 0.15) is 5.69 Å². The molecule has 2 aromatic rings. The molecule has 2 atom stereocenters. The highest BCUT2D eigenvalue weighted by Crippen LogP contribution is 2.25. The first-order valence-electron chi connectivity index (χ1n) is 7.49. The summed E-state index contributed by atoms with van der Waals surface area (Å²) in [5, 5.41) is 10.7. The Labute approximate surface area is 146 Å². The van der Waals surface area contributed by atoms with Crippen LogP contribution in [0, 0.1) is 5.92 Å². The van der Waals surface area contributed by atoms with Crippen LogP contribution in [-0.2, 0) is 0 Å². The Morgan fingerprint density at radius 2 is 2.09 bits per heavy atom. The van der Waals surface area contributed by atoms with E-state index >= 15 is 0 Å². The molecule has 1 saturated carbocycles. The fourth-order valence-corrected chi connectivity index (χ4v) is 3.09. The summed E-state index contributed by atoms with van der Waals surface area (Å²) in [6.07, 6.45) is 3.19. The summed E-state index contributed by atoms with van der Waals surface area (Å²) in [6, 6.07) is 9.28. The van der Waals surface area contributed by atoms with Crippen molar-refractivity contribution in [3.8, 4) is 11.3 Å². The fourth-order valence-electron chi connectivity index (χ4n) is 2.96. The van der Waals surface area contributed by atoms with Crippen molar-refractivity contribution in [3.63, 3.8) is 0 Å². The summed E-state index contributed by atoms with van der Waals surface area (Å²) in [6.45, 7) is 0.615. The van der Waals surface area contributed by atoms with Gasteiger partial charge in [-0.15, -0.1) is 12.4 Å². The van der Waals surface area contributed by atoms with Crippen molar-refractivity contribution in [2.45, 2.75) is 25.3 Å². The first-order valence-corrected chi connectivity index (χ1v) is 7.87. The van der Waals surface area contributed by atoms with Gasteiger partial charge in [0, 0.05) is 16.6 Å². The third-order valence-corrected chi connectivity index (χ3v) is 4.49. The first kappa shape index (κ1) is 17.8. The number of benzene rings is 1. The molecule has 124 valence electrons. The molecule has 1 aliphatic rings. The number of nitrogens with zero attached hydrogens (tertiary/aromatic N) is 1. The van der Waals surface area contributed by atoms with Gasteiger partial charge >= 0.3 is 0 Å². The van der Waals surface area contributed by atoms with Crippen LogP contribution < -0.4 is 11.1 Å². The van der Waals surface area contributed by atoms with Gasteiger partial charge in [-0.1, -0.05) is 30.2 Å². The molecule has 0 bridgehead atoms. The van der Waals surface area contributed by atoms with E-state index in [9.17, 15) is 4.79 Å². The molecule has 1 aromatic carbocycles. The molecule has 23 heavy (non-hydrogen) atoms. The summed E-state index contributed by atoms with van der Waals surface area (Å²) in [4.78, 5) is 12.3. The molecule has 1 heterocycles. The molecular formula is C16H20Cl2N4O. The normalized spacial score (nSPS) is 20.1.